The molecule has 13 heavy (non-hydrogen) atoms. The average molecular weight is 223 g/mol. The Kier molecular flexibility index (Phi) is 5.60. The molecule has 0 bridgehead atoms. The van der Waals surface area contributed by atoms with Gasteiger partial charge in [0.25, 0.3) is 0 Å². The molecule has 0 aromatic heterocycles. The molecule has 0 aliphatic carbocycles. The first-order valence-electron chi connectivity index (χ1n) is 3.96. The summed E-state index contributed by atoms with van der Waals surface area (Å²) < 4.78 is 0. The molecule has 0 aliphatic heterocycles. The van der Waals surface area contributed by atoms with Gasteiger partial charge in [-0.25, -0.2) is 0 Å². The summed E-state index contributed by atoms with van der Waals surface area (Å²) in [5.41, 5.74) is 0.665. The molecule has 3 heteroatoms. The van der Waals surface area contributed by atoms with Crippen LogP contribution in [0.3, 0.4) is 0 Å². The van der Waals surface area contributed by atoms with Gasteiger partial charge in [-0.05, 0) is 6.92 Å². The summed E-state index contributed by atoms with van der Waals surface area (Å²) in [4.78, 5) is 11.3. The van der Waals surface area contributed by atoms with Crippen molar-refractivity contribution < 1.29 is 26.4 Å². The second kappa shape index (κ2) is 5.90. The van der Waals surface area contributed by atoms with Gasteiger partial charge in [0.05, 0.1) is 6.10 Å². The summed E-state index contributed by atoms with van der Waals surface area (Å²) in [6.07, 6.45) is -0.359. The zero-order chi connectivity index (χ0) is 8.97. The summed E-state index contributed by atoms with van der Waals surface area (Å²) in [7, 11) is 0. The van der Waals surface area contributed by atoms with Gasteiger partial charge < -0.3 is 5.11 Å². The number of ketones is 1. The molecule has 0 spiro atoms. The van der Waals surface area contributed by atoms with Gasteiger partial charge in [0.15, 0.2) is 5.78 Å². The van der Waals surface area contributed by atoms with Crippen molar-refractivity contribution in [3.63, 3.8) is 0 Å². The maximum absolute atomic E-state index is 11.3. The molecule has 1 aromatic carbocycles. The zero-order valence-corrected chi connectivity index (χ0v) is 8.33. The normalized spacial score (nSPS) is 11.5. The second-order valence-corrected chi connectivity index (χ2v) is 2.84. The number of Topliss-reactive ketones (excluding diaryl/α,β-unsaturated/α-hetero) is 1. The maximum Gasteiger partial charge on any atom is 0.165 e. The van der Waals surface area contributed by atoms with E-state index >= 15 is 0 Å². The first kappa shape index (κ1) is 12.3. The number of rotatable bonds is 3. The van der Waals surface area contributed by atoms with E-state index in [4.69, 9.17) is 5.11 Å². The van der Waals surface area contributed by atoms with Crippen molar-refractivity contribution in [3.8, 4) is 0 Å². The molecule has 2 nitrogen and oxygen atoms in total. The molecule has 1 rings (SSSR count). The Labute approximate surface area is 87.9 Å². The van der Waals surface area contributed by atoms with E-state index < -0.39 is 6.10 Å². The van der Waals surface area contributed by atoms with E-state index in [1.165, 1.54) is 0 Å². The summed E-state index contributed by atoms with van der Waals surface area (Å²) in [6, 6.07) is 9.00. The van der Waals surface area contributed by atoms with Crippen LogP contribution in [0.2, 0.25) is 0 Å². The number of aliphatic hydroxyl groups excluding tert-OH is 1. The van der Waals surface area contributed by atoms with Crippen molar-refractivity contribution >= 4 is 5.78 Å². The van der Waals surface area contributed by atoms with Crippen molar-refractivity contribution in [2.75, 3.05) is 0 Å². The number of hydrogen-bond acceptors (Lipinski definition) is 2. The van der Waals surface area contributed by atoms with Gasteiger partial charge in [0.2, 0.25) is 0 Å². The number of carbonyl (C=O) groups is 1. The third-order valence-electron chi connectivity index (χ3n) is 1.58. The molecule has 1 atom stereocenters. The van der Waals surface area contributed by atoms with E-state index in [0.29, 0.717) is 5.56 Å². The SMILES string of the molecule is CC(O)CC(=O)c1ccccc1.[Ni]. The quantitative estimate of drug-likeness (QED) is 0.624. The number of hydrogen-bond donors (Lipinski definition) is 1. The maximum atomic E-state index is 11.3. The fourth-order valence-electron chi connectivity index (χ4n) is 1.01. The Morgan fingerprint density at radius 1 is 1.38 bits per heavy atom. The van der Waals surface area contributed by atoms with Crippen LogP contribution in [0.5, 0.6) is 0 Å². The van der Waals surface area contributed by atoms with E-state index in [1.807, 2.05) is 18.2 Å². The average Bonchev–Trinajstić information content (AvgIpc) is 2.05. The first-order valence-corrected chi connectivity index (χ1v) is 3.96. The Balaban J connectivity index is 0.00000144. The predicted octanol–water partition coefficient (Wildman–Crippen LogP) is 1.64. The van der Waals surface area contributed by atoms with Gasteiger partial charge in [-0.3, -0.25) is 4.79 Å². The van der Waals surface area contributed by atoms with E-state index in [9.17, 15) is 4.79 Å². The minimum atomic E-state index is -0.558. The molecule has 1 aromatic rings. The number of aliphatic hydroxyl groups is 1. The largest absolute Gasteiger partial charge is 0.393 e. The molecule has 0 aliphatic rings. The monoisotopic (exact) mass is 222 g/mol. The minimum Gasteiger partial charge on any atom is -0.393 e. The van der Waals surface area contributed by atoms with Gasteiger partial charge in [-0.2, -0.15) is 0 Å². The Morgan fingerprint density at radius 2 is 1.92 bits per heavy atom. The van der Waals surface area contributed by atoms with Gasteiger partial charge >= 0.3 is 0 Å². The molecule has 74 valence electrons. The summed E-state index contributed by atoms with van der Waals surface area (Å²) >= 11 is 0. The smallest absolute Gasteiger partial charge is 0.165 e. The van der Waals surface area contributed by atoms with Crippen LogP contribution in [-0.4, -0.2) is 17.0 Å². The van der Waals surface area contributed by atoms with Crippen LogP contribution < -0.4 is 0 Å². The fourth-order valence-corrected chi connectivity index (χ4v) is 1.01. The standard InChI is InChI=1S/C10H12O2.Ni/c1-8(11)7-10(12)9-5-3-2-4-6-9;/h2-6,8,11H,7H2,1H3;. The van der Waals surface area contributed by atoms with Crippen LogP contribution in [0, 0.1) is 0 Å². The molecule has 0 saturated carbocycles. The predicted molar refractivity (Wildman–Crippen MR) is 47.1 cm³/mol. The van der Waals surface area contributed by atoms with Crippen LogP contribution in [0.25, 0.3) is 0 Å². The van der Waals surface area contributed by atoms with Crippen LogP contribution in [0.15, 0.2) is 30.3 Å². The van der Waals surface area contributed by atoms with Gasteiger partial charge in [0.1, 0.15) is 0 Å². The van der Waals surface area contributed by atoms with E-state index in [0.717, 1.165) is 0 Å². The van der Waals surface area contributed by atoms with Crippen LogP contribution in [0.1, 0.15) is 23.7 Å². The van der Waals surface area contributed by atoms with E-state index in [-0.39, 0.29) is 28.7 Å². The Morgan fingerprint density at radius 3 is 2.38 bits per heavy atom. The summed E-state index contributed by atoms with van der Waals surface area (Å²) in [5.74, 6) is -0.00870. The first-order chi connectivity index (χ1) is 5.70. The third-order valence-corrected chi connectivity index (χ3v) is 1.58. The Hall–Kier alpha value is -0.656. The third kappa shape index (κ3) is 4.21. The topological polar surface area (TPSA) is 37.3 Å². The molecular formula is C10H12NiO2. The molecule has 0 radical (unpaired) electrons. The number of carbonyl (C=O) groups excluding carboxylic acids is 1. The van der Waals surface area contributed by atoms with Crippen LogP contribution in [-0.2, 0) is 16.5 Å². The Bertz CT molecular complexity index is 257. The molecule has 1 unspecified atom stereocenters. The van der Waals surface area contributed by atoms with Crippen molar-refractivity contribution in [2.45, 2.75) is 19.4 Å². The molecule has 0 fully saturated rings. The van der Waals surface area contributed by atoms with Gasteiger partial charge in [-0.1, -0.05) is 30.3 Å². The van der Waals surface area contributed by atoms with E-state index in [1.54, 1.807) is 19.1 Å². The van der Waals surface area contributed by atoms with E-state index in [2.05, 4.69) is 0 Å². The molecule has 0 heterocycles. The zero-order valence-electron chi connectivity index (χ0n) is 7.34. The fraction of sp³-hybridized carbons (Fsp3) is 0.300. The van der Waals surface area contributed by atoms with Crippen molar-refractivity contribution in [3.05, 3.63) is 35.9 Å². The molecule has 0 saturated heterocycles. The summed E-state index contributed by atoms with van der Waals surface area (Å²) in [5, 5.41) is 8.96. The van der Waals surface area contributed by atoms with Gasteiger partial charge in [-0.15, -0.1) is 0 Å². The van der Waals surface area contributed by atoms with Gasteiger partial charge in [0, 0.05) is 28.5 Å². The molecule has 1 N–H and O–H groups in total. The minimum absolute atomic E-state index is 0. The molecule has 0 amide bonds. The van der Waals surface area contributed by atoms with Crippen molar-refractivity contribution in [1.29, 1.82) is 0 Å². The van der Waals surface area contributed by atoms with Crippen LogP contribution in [0.4, 0.5) is 0 Å². The van der Waals surface area contributed by atoms with Crippen molar-refractivity contribution in [1.82, 2.24) is 0 Å². The molecular weight excluding hydrogens is 211 g/mol. The number of benzene rings is 1. The van der Waals surface area contributed by atoms with Crippen molar-refractivity contribution in [2.24, 2.45) is 0 Å². The second-order valence-electron chi connectivity index (χ2n) is 2.84. The summed E-state index contributed by atoms with van der Waals surface area (Å²) in [6.45, 7) is 1.61. The van der Waals surface area contributed by atoms with Crippen LogP contribution >= 0.6 is 0 Å².